The Morgan fingerprint density at radius 2 is 2.46 bits per heavy atom. The molecular formula is C10H16O3. The highest BCUT2D eigenvalue weighted by atomic mass is 16.5. The van der Waals surface area contributed by atoms with Crippen LogP contribution in [0.3, 0.4) is 0 Å². The number of rotatable bonds is 4. The Bertz CT molecular complexity index is 210. The van der Waals surface area contributed by atoms with Crippen molar-refractivity contribution < 1.29 is 14.6 Å². The molecule has 0 saturated heterocycles. The van der Waals surface area contributed by atoms with E-state index in [4.69, 9.17) is 4.74 Å². The Morgan fingerprint density at radius 3 is 3.00 bits per heavy atom. The van der Waals surface area contributed by atoms with Gasteiger partial charge < -0.3 is 9.84 Å². The minimum atomic E-state index is -0.757. The summed E-state index contributed by atoms with van der Waals surface area (Å²) in [7, 11) is 0. The molecule has 3 nitrogen and oxygen atoms in total. The second-order valence-corrected chi connectivity index (χ2v) is 3.35. The molecule has 0 aromatic heterocycles. The van der Waals surface area contributed by atoms with Gasteiger partial charge in [0.2, 0.25) is 0 Å². The largest absolute Gasteiger partial charge is 0.466 e. The van der Waals surface area contributed by atoms with Crippen molar-refractivity contribution in [3.8, 4) is 0 Å². The fourth-order valence-corrected chi connectivity index (χ4v) is 1.48. The molecule has 3 heteroatoms. The summed E-state index contributed by atoms with van der Waals surface area (Å²) in [5, 5.41) is 9.81. The van der Waals surface area contributed by atoms with E-state index in [0.29, 0.717) is 19.4 Å². The van der Waals surface area contributed by atoms with Crippen molar-refractivity contribution in [1.82, 2.24) is 0 Å². The van der Waals surface area contributed by atoms with Gasteiger partial charge in [-0.15, -0.1) is 0 Å². The van der Waals surface area contributed by atoms with Crippen LogP contribution >= 0.6 is 0 Å². The Hall–Kier alpha value is -0.830. The first kappa shape index (κ1) is 10.3. The van der Waals surface area contributed by atoms with Gasteiger partial charge in [-0.05, 0) is 26.2 Å². The molecule has 74 valence electrons. The molecule has 13 heavy (non-hydrogen) atoms. The van der Waals surface area contributed by atoms with Crippen LogP contribution in [0.25, 0.3) is 0 Å². The lowest BCUT2D eigenvalue weighted by atomic mass is 9.97. The van der Waals surface area contributed by atoms with Gasteiger partial charge in [0.15, 0.2) is 0 Å². The molecule has 0 fully saturated rings. The van der Waals surface area contributed by atoms with Gasteiger partial charge in [0, 0.05) is 6.42 Å². The Kier molecular flexibility index (Phi) is 3.48. The highest BCUT2D eigenvalue weighted by molar-refractivity contribution is 5.69. The van der Waals surface area contributed by atoms with Crippen LogP contribution in [-0.4, -0.2) is 23.3 Å². The molecule has 0 aromatic carbocycles. The fourth-order valence-electron chi connectivity index (χ4n) is 1.48. The number of carbonyl (C=O) groups excluding carboxylic acids is 1. The third-order valence-electron chi connectivity index (χ3n) is 2.24. The van der Waals surface area contributed by atoms with Crippen molar-refractivity contribution in [3.63, 3.8) is 0 Å². The van der Waals surface area contributed by atoms with Crippen LogP contribution in [0.1, 0.15) is 32.6 Å². The number of ether oxygens (including phenoxy) is 1. The third-order valence-corrected chi connectivity index (χ3v) is 2.24. The van der Waals surface area contributed by atoms with Gasteiger partial charge in [-0.3, -0.25) is 4.79 Å². The van der Waals surface area contributed by atoms with Gasteiger partial charge in [-0.1, -0.05) is 12.2 Å². The summed E-state index contributed by atoms with van der Waals surface area (Å²) in [5.74, 6) is -0.226. The second kappa shape index (κ2) is 4.42. The summed E-state index contributed by atoms with van der Waals surface area (Å²) in [4.78, 5) is 11.0. The Labute approximate surface area is 78.4 Å². The van der Waals surface area contributed by atoms with E-state index in [1.807, 2.05) is 6.08 Å². The van der Waals surface area contributed by atoms with E-state index in [1.54, 1.807) is 13.0 Å². The highest BCUT2D eigenvalue weighted by Crippen LogP contribution is 2.27. The molecule has 1 N–H and O–H groups in total. The standard InChI is InChI=1S/C10H16O3/c1-2-13-9(11)5-8-10(12)6-3-4-7-10/h3,6,12H,2,4-5,7-8H2,1H3. The van der Waals surface area contributed by atoms with Crippen molar-refractivity contribution in [2.75, 3.05) is 6.61 Å². The minimum absolute atomic E-state index is 0.226. The van der Waals surface area contributed by atoms with E-state index in [1.165, 1.54) is 0 Å². The quantitative estimate of drug-likeness (QED) is 0.531. The summed E-state index contributed by atoms with van der Waals surface area (Å²) in [6.45, 7) is 2.19. The fraction of sp³-hybridized carbons (Fsp3) is 0.700. The minimum Gasteiger partial charge on any atom is -0.466 e. The van der Waals surface area contributed by atoms with E-state index in [9.17, 15) is 9.90 Å². The van der Waals surface area contributed by atoms with E-state index >= 15 is 0 Å². The third kappa shape index (κ3) is 3.19. The molecule has 0 radical (unpaired) electrons. The number of esters is 1. The zero-order chi connectivity index (χ0) is 9.73. The molecule has 0 amide bonds. The van der Waals surface area contributed by atoms with Gasteiger partial charge in [-0.25, -0.2) is 0 Å². The van der Waals surface area contributed by atoms with Crippen molar-refractivity contribution in [2.24, 2.45) is 0 Å². The maximum absolute atomic E-state index is 11.0. The molecule has 1 aliphatic carbocycles. The molecule has 0 spiro atoms. The molecule has 0 aromatic rings. The van der Waals surface area contributed by atoms with E-state index in [0.717, 1.165) is 12.8 Å². The normalized spacial score (nSPS) is 26.3. The van der Waals surface area contributed by atoms with Crippen molar-refractivity contribution >= 4 is 5.97 Å². The molecule has 1 atom stereocenters. The van der Waals surface area contributed by atoms with E-state index < -0.39 is 5.60 Å². The molecule has 1 rings (SSSR count). The maximum Gasteiger partial charge on any atom is 0.305 e. The first-order chi connectivity index (χ1) is 6.16. The van der Waals surface area contributed by atoms with Gasteiger partial charge >= 0.3 is 5.97 Å². The van der Waals surface area contributed by atoms with Crippen LogP contribution in [0, 0.1) is 0 Å². The molecule has 0 saturated carbocycles. The molecule has 1 aliphatic rings. The summed E-state index contributed by atoms with van der Waals surface area (Å²) in [6, 6.07) is 0. The molecule has 0 aliphatic heterocycles. The average Bonchev–Trinajstić information content (AvgIpc) is 2.51. The van der Waals surface area contributed by atoms with E-state index in [2.05, 4.69) is 0 Å². The maximum atomic E-state index is 11.0. The predicted molar refractivity (Wildman–Crippen MR) is 49.2 cm³/mol. The Balaban J connectivity index is 2.25. The number of allylic oxidation sites excluding steroid dienone is 1. The first-order valence-corrected chi connectivity index (χ1v) is 4.72. The molecule has 0 bridgehead atoms. The highest BCUT2D eigenvalue weighted by Gasteiger charge is 2.26. The monoisotopic (exact) mass is 184 g/mol. The zero-order valence-electron chi connectivity index (χ0n) is 7.95. The smallest absolute Gasteiger partial charge is 0.305 e. The van der Waals surface area contributed by atoms with Crippen LogP contribution in [0.5, 0.6) is 0 Å². The second-order valence-electron chi connectivity index (χ2n) is 3.35. The van der Waals surface area contributed by atoms with Gasteiger partial charge in [0.25, 0.3) is 0 Å². The van der Waals surface area contributed by atoms with Gasteiger partial charge in [0.05, 0.1) is 12.2 Å². The number of aliphatic hydroxyl groups is 1. The zero-order valence-corrected chi connectivity index (χ0v) is 7.95. The first-order valence-electron chi connectivity index (χ1n) is 4.72. The van der Waals surface area contributed by atoms with Crippen LogP contribution in [0.2, 0.25) is 0 Å². The predicted octanol–water partition coefficient (Wildman–Crippen LogP) is 1.41. The van der Waals surface area contributed by atoms with Crippen molar-refractivity contribution in [2.45, 2.75) is 38.2 Å². The number of hydrogen-bond donors (Lipinski definition) is 1. The SMILES string of the molecule is CCOC(=O)CCC1(O)C=CCC1. The van der Waals surface area contributed by atoms with E-state index in [-0.39, 0.29) is 5.97 Å². The lowest BCUT2D eigenvalue weighted by Gasteiger charge is -2.19. The Morgan fingerprint density at radius 1 is 1.69 bits per heavy atom. The molecular weight excluding hydrogens is 168 g/mol. The van der Waals surface area contributed by atoms with Crippen molar-refractivity contribution in [3.05, 3.63) is 12.2 Å². The van der Waals surface area contributed by atoms with Gasteiger partial charge in [0.1, 0.15) is 0 Å². The summed E-state index contributed by atoms with van der Waals surface area (Å²) >= 11 is 0. The lowest BCUT2D eigenvalue weighted by Crippen LogP contribution is -2.24. The number of hydrogen-bond acceptors (Lipinski definition) is 3. The molecule has 1 unspecified atom stereocenters. The topological polar surface area (TPSA) is 46.5 Å². The average molecular weight is 184 g/mol. The molecule has 0 heterocycles. The summed E-state index contributed by atoms with van der Waals surface area (Å²) in [6.07, 6.45) is 6.14. The van der Waals surface area contributed by atoms with Crippen molar-refractivity contribution in [1.29, 1.82) is 0 Å². The van der Waals surface area contributed by atoms with Gasteiger partial charge in [-0.2, -0.15) is 0 Å². The number of carbonyl (C=O) groups is 1. The summed E-state index contributed by atoms with van der Waals surface area (Å²) < 4.78 is 4.77. The van der Waals surface area contributed by atoms with Crippen LogP contribution in [0.4, 0.5) is 0 Å². The lowest BCUT2D eigenvalue weighted by molar-refractivity contribution is -0.144. The summed E-state index contributed by atoms with van der Waals surface area (Å²) in [5.41, 5.74) is -0.757. The van der Waals surface area contributed by atoms with Crippen LogP contribution < -0.4 is 0 Å². The van der Waals surface area contributed by atoms with Crippen LogP contribution in [-0.2, 0) is 9.53 Å². The van der Waals surface area contributed by atoms with Crippen LogP contribution in [0.15, 0.2) is 12.2 Å².